The van der Waals surface area contributed by atoms with Gasteiger partial charge in [0, 0.05) is 6.54 Å². The summed E-state index contributed by atoms with van der Waals surface area (Å²) in [6.07, 6.45) is -4.95. The number of halogens is 3. The summed E-state index contributed by atoms with van der Waals surface area (Å²) in [6.45, 7) is -0.888. The Hall–Kier alpha value is -2.74. The minimum absolute atomic E-state index is 0.117. The molecule has 140 valence electrons. The molecule has 1 atom stereocenters. The third kappa shape index (κ3) is 4.66. The predicted octanol–water partition coefficient (Wildman–Crippen LogP) is 2.94. The van der Waals surface area contributed by atoms with E-state index in [0.717, 1.165) is 17.7 Å². The molecule has 2 aromatic carbocycles. The number of hydrogen-bond donors (Lipinski definition) is 3. The summed E-state index contributed by atoms with van der Waals surface area (Å²) in [5.41, 5.74) is -2.77. The highest BCUT2D eigenvalue weighted by atomic mass is 19.4. The average Bonchev–Trinajstić information content (AvgIpc) is 2.64. The van der Waals surface area contributed by atoms with Crippen LogP contribution in [-0.4, -0.2) is 31.0 Å². The van der Waals surface area contributed by atoms with E-state index in [2.05, 4.69) is 10.6 Å². The monoisotopic (exact) mass is 368 g/mol. The summed E-state index contributed by atoms with van der Waals surface area (Å²) in [5.74, 6) is 0.649. The van der Waals surface area contributed by atoms with Crippen molar-refractivity contribution >= 4 is 6.03 Å². The van der Waals surface area contributed by atoms with Crippen LogP contribution in [0.4, 0.5) is 18.0 Å². The highest BCUT2D eigenvalue weighted by Gasteiger charge is 2.55. The number of nitrogens with one attached hydrogen (secondary N) is 2. The Balaban J connectivity index is 1.96. The van der Waals surface area contributed by atoms with E-state index in [-0.39, 0.29) is 12.1 Å². The topological polar surface area (TPSA) is 70.6 Å². The molecule has 0 aromatic heterocycles. The van der Waals surface area contributed by atoms with Crippen molar-refractivity contribution in [2.24, 2.45) is 0 Å². The van der Waals surface area contributed by atoms with Gasteiger partial charge in [0.15, 0.2) is 0 Å². The molecule has 26 heavy (non-hydrogen) atoms. The Morgan fingerprint density at radius 1 is 1.04 bits per heavy atom. The van der Waals surface area contributed by atoms with Gasteiger partial charge < -0.3 is 20.5 Å². The molecule has 0 heterocycles. The molecule has 0 saturated carbocycles. The fourth-order valence-electron chi connectivity index (χ4n) is 2.28. The number of alkyl halides is 3. The normalized spacial score (nSPS) is 13.6. The first-order valence-electron chi connectivity index (χ1n) is 7.75. The molecule has 0 fully saturated rings. The Bertz CT molecular complexity index is 721. The molecule has 5 nitrogen and oxygen atoms in total. The number of hydrogen-bond acceptors (Lipinski definition) is 3. The molecule has 2 aromatic rings. The van der Waals surface area contributed by atoms with E-state index >= 15 is 0 Å². The first kappa shape index (κ1) is 19.6. The molecule has 0 aliphatic heterocycles. The molecule has 8 heteroatoms. The summed E-state index contributed by atoms with van der Waals surface area (Å²) in [6, 6.07) is 12.6. The highest BCUT2D eigenvalue weighted by Crippen LogP contribution is 2.38. The van der Waals surface area contributed by atoms with Crippen molar-refractivity contribution in [2.75, 3.05) is 13.7 Å². The Morgan fingerprint density at radius 3 is 2.19 bits per heavy atom. The van der Waals surface area contributed by atoms with Gasteiger partial charge in [0.25, 0.3) is 0 Å². The smallest absolute Gasteiger partial charge is 0.423 e. The summed E-state index contributed by atoms with van der Waals surface area (Å²) >= 11 is 0. The lowest BCUT2D eigenvalue weighted by Gasteiger charge is -2.31. The number of carbonyl (C=O) groups excluding carboxylic acids is 1. The van der Waals surface area contributed by atoms with Gasteiger partial charge in [-0.15, -0.1) is 0 Å². The van der Waals surface area contributed by atoms with Crippen LogP contribution >= 0.6 is 0 Å². The van der Waals surface area contributed by atoms with Crippen LogP contribution in [0.1, 0.15) is 11.1 Å². The van der Waals surface area contributed by atoms with Crippen molar-refractivity contribution in [3.63, 3.8) is 0 Å². The lowest BCUT2D eigenvalue weighted by molar-refractivity contribution is -0.263. The maximum atomic E-state index is 13.3. The SMILES string of the molecule is COc1ccc(CNC(=O)NCC(O)(c2ccccc2)C(F)(F)F)cc1. The maximum absolute atomic E-state index is 13.3. The number of benzene rings is 2. The van der Waals surface area contributed by atoms with Crippen molar-refractivity contribution in [1.29, 1.82) is 0 Å². The van der Waals surface area contributed by atoms with Gasteiger partial charge in [-0.1, -0.05) is 42.5 Å². The molecule has 1 unspecified atom stereocenters. The predicted molar refractivity (Wildman–Crippen MR) is 89.6 cm³/mol. The number of amides is 2. The number of aliphatic hydroxyl groups is 1. The number of carbonyl (C=O) groups is 1. The summed E-state index contributed by atoms with van der Waals surface area (Å²) in [4.78, 5) is 11.8. The van der Waals surface area contributed by atoms with Gasteiger partial charge in [-0.05, 0) is 23.3 Å². The van der Waals surface area contributed by atoms with Crippen molar-refractivity contribution in [3.8, 4) is 5.75 Å². The molecular formula is C18H19F3N2O3. The van der Waals surface area contributed by atoms with Gasteiger partial charge in [-0.25, -0.2) is 4.79 Å². The van der Waals surface area contributed by atoms with E-state index in [9.17, 15) is 23.1 Å². The van der Waals surface area contributed by atoms with Gasteiger partial charge in [-0.3, -0.25) is 0 Å². The van der Waals surface area contributed by atoms with Gasteiger partial charge in [-0.2, -0.15) is 13.2 Å². The largest absolute Gasteiger partial charge is 0.497 e. The van der Waals surface area contributed by atoms with Crippen LogP contribution in [0.25, 0.3) is 0 Å². The van der Waals surface area contributed by atoms with E-state index in [0.29, 0.717) is 5.75 Å². The molecule has 0 radical (unpaired) electrons. The second-order valence-corrected chi connectivity index (χ2v) is 5.61. The molecule has 3 N–H and O–H groups in total. The van der Waals surface area contributed by atoms with Gasteiger partial charge in [0.1, 0.15) is 5.75 Å². The molecule has 0 bridgehead atoms. The van der Waals surface area contributed by atoms with Crippen molar-refractivity contribution in [3.05, 3.63) is 65.7 Å². The third-order valence-corrected chi connectivity index (χ3v) is 3.84. The zero-order valence-corrected chi connectivity index (χ0v) is 14.0. The van der Waals surface area contributed by atoms with E-state index in [1.54, 1.807) is 24.3 Å². The minimum atomic E-state index is -4.95. The lowest BCUT2D eigenvalue weighted by Crippen LogP contribution is -2.52. The second kappa shape index (κ2) is 8.09. The third-order valence-electron chi connectivity index (χ3n) is 3.84. The fourth-order valence-corrected chi connectivity index (χ4v) is 2.28. The first-order valence-corrected chi connectivity index (χ1v) is 7.75. The lowest BCUT2D eigenvalue weighted by atomic mass is 9.93. The van der Waals surface area contributed by atoms with Crippen molar-refractivity contribution < 1.29 is 27.8 Å². The van der Waals surface area contributed by atoms with Crippen LogP contribution in [0.3, 0.4) is 0 Å². The van der Waals surface area contributed by atoms with Gasteiger partial charge >= 0.3 is 12.2 Å². The zero-order chi connectivity index (χ0) is 19.2. The van der Waals surface area contributed by atoms with Gasteiger partial charge in [0.05, 0.1) is 13.7 Å². The number of ether oxygens (including phenoxy) is 1. The Labute approximate surface area is 148 Å². The number of methoxy groups -OCH3 is 1. The van der Waals surface area contributed by atoms with Gasteiger partial charge in [0.2, 0.25) is 5.60 Å². The van der Waals surface area contributed by atoms with E-state index < -0.39 is 24.4 Å². The number of urea groups is 1. The van der Waals surface area contributed by atoms with Crippen LogP contribution in [0.15, 0.2) is 54.6 Å². The summed E-state index contributed by atoms with van der Waals surface area (Å²) in [7, 11) is 1.52. The molecule has 0 aliphatic rings. The van der Waals surface area contributed by atoms with Crippen LogP contribution in [0.5, 0.6) is 5.75 Å². The minimum Gasteiger partial charge on any atom is -0.497 e. The molecule has 2 rings (SSSR count). The standard InChI is InChI=1S/C18H19F3N2O3/c1-26-15-9-7-13(8-10-15)11-22-16(24)23-12-17(25,18(19,20)21)14-5-3-2-4-6-14/h2-10,25H,11-12H2,1H3,(H2,22,23,24). The van der Waals surface area contributed by atoms with Crippen LogP contribution in [-0.2, 0) is 12.1 Å². The average molecular weight is 368 g/mol. The van der Waals surface area contributed by atoms with E-state index in [4.69, 9.17) is 4.74 Å². The van der Waals surface area contributed by atoms with Crippen LogP contribution in [0, 0.1) is 0 Å². The first-order chi connectivity index (χ1) is 12.3. The van der Waals surface area contributed by atoms with Crippen LogP contribution < -0.4 is 15.4 Å². The van der Waals surface area contributed by atoms with E-state index in [1.165, 1.54) is 25.3 Å². The van der Waals surface area contributed by atoms with Crippen LogP contribution in [0.2, 0.25) is 0 Å². The Morgan fingerprint density at radius 2 is 1.65 bits per heavy atom. The molecule has 0 spiro atoms. The zero-order valence-electron chi connectivity index (χ0n) is 14.0. The quantitative estimate of drug-likeness (QED) is 0.734. The molecule has 0 saturated heterocycles. The summed E-state index contributed by atoms with van der Waals surface area (Å²) < 4.78 is 45.0. The summed E-state index contributed by atoms with van der Waals surface area (Å²) in [5, 5.41) is 14.6. The molecular weight excluding hydrogens is 349 g/mol. The molecule has 2 amide bonds. The number of rotatable bonds is 6. The fraction of sp³-hybridized carbons (Fsp3) is 0.278. The van der Waals surface area contributed by atoms with Crippen molar-refractivity contribution in [1.82, 2.24) is 10.6 Å². The van der Waals surface area contributed by atoms with E-state index in [1.807, 2.05) is 0 Å². The maximum Gasteiger partial charge on any atom is 0.423 e. The second-order valence-electron chi connectivity index (χ2n) is 5.61. The highest BCUT2D eigenvalue weighted by molar-refractivity contribution is 5.74. The van der Waals surface area contributed by atoms with Crippen molar-refractivity contribution in [2.45, 2.75) is 18.3 Å². The molecule has 0 aliphatic carbocycles. The Kier molecular flexibility index (Phi) is 6.10.